The summed E-state index contributed by atoms with van der Waals surface area (Å²) in [6.45, 7) is 4.18. The van der Waals surface area contributed by atoms with Gasteiger partial charge in [-0.05, 0) is 31.4 Å². The number of rotatable bonds is 5. The highest BCUT2D eigenvalue weighted by atomic mass is 16.5. The van der Waals surface area contributed by atoms with Crippen LogP contribution in [-0.4, -0.2) is 17.1 Å². The summed E-state index contributed by atoms with van der Waals surface area (Å²) in [6.07, 6.45) is 2.26. The molecule has 0 radical (unpaired) electrons. The molecule has 3 N–H and O–H groups in total. The summed E-state index contributed by atoms with van der Waals surface area (Å²) in [5, 5.41) is 0. The van der Waals surface area contributed by atoms with E-state index in [1.165, 1.54) is 23.0 Å². The van der Waals surface area contributed by atoms with E-state index in [1.54, 1.807) is 13.2 Å². The normalized spacial score (nSPS) is 12.2. The van der Waals surface area contributed by atoms with Gasteiger partial charge in [-0.25, -0.2) is 9.97 Å². The molecule has 0 aliphatic heterocycles. The van der Waals surface area contributed by atoms with Crippen molar-refractivity contribution in [3.63, 3.8) is 0 Å². The lowest BCUT2D eigenvalue weighted by molar-refractivity contribution is 0.393. The van der Waals surface area contributed by atoms with E-state index in [1.807, 2.05) is 0 Å². The van der Waals surface area contributed by atoms with Crippen LogP contribution in [-0.2, 0) is 6.42 Å². The van der Waals surface area contributed by atoms with Crippen LogP contribution < -0.4 is 16.0 Å². The topological polar surface area (TPSA) is 73.1 Å². The minimum Gasteiger partial charge on any atom is -0.481 e. The van der Waals surface area contributed by atoms with E-state index in [4.69, 9.17) is 10.6 Å². The van der Waals surface area contributed by atoms with Crippen LogP contribution in [0, 0.1) is 13.8 Å². The highest BCUT2D eigenvalue weighted by Crippen LogP contribution is 2.21. The smallest absolute Gasteiger partial charge is 0.216 e. The second kappa shape index (κ2) is 6.45. The number of aromatic nitrogens is 2. The Kier molecular flexibility index (Phi) is 4.65. The van der Waals surface area contributed by atoms with Gasteiger partial charge in [-0.3, -0.25) is 11.3 Å². The zero-order chi connectivity index (χ0) is 14.5. The fraction of sp³-hybridized carbons (Fsp3) is 0.333. The molecule has 0 amide bonds. The van der Waals surface area contributed by atoms with Crippen LogP contribution in [0.1, 0.15) is 28.4 Å². The summed E-state index contributed by atoms with van der Waals surface area (Å²) in [7, 11) is 1.59. The van der Waals surface area contributed by atoms with E-state index < -0.39 is 0 Å². The summed E-state index contributed by atoms with van der Waals surface area (Å²) >= 11 is 0. The van der Waals surface area contributed by atoms with Crippen molar-refractivity contribution in [2.24, 2.45) is 5.84 Å². The van der Waals surface area contributed by atoms with Gasteiger partial charge in [0.15, 0.2) is 0 Å². The lowest BCUT2D eigenvalue weighted by Gasteiger charge is -2.17. The average Bonchev–Trinajstić information content (AvgIpc) is 2.48. The Morgan fingerprint density at radius 2 is 2.05 bits per heavy atom. The van der Waals surface area contributed by atoms with E-state index >= 15 is 0 Å². The molecule has 1 unspecified atom stereocenters. The number of aryl methyl sites for hydroxylation is 2. The highest BCUT2D eigenvalue weighted by Gasteiger charge is 2.14. The molecule has 0 fully saturated rings. The van der Waals surface area contributed by atoms with Crippen molar-refractivity contribution in [3.8, 4) is 5.88 Å². The maximum Gasteiger partial charge on any atom is 0.216 e. The van der Waals surface area contributed by atoms with Gasteiger partial charge in [-0.15, -0.1) is 0 Å². The van der Waals surface area contributed by atoms with Gasteiger partial charge >= 0.3 is 0 Å². The number of nitrogens with zero attached hydrogens (tertiary/aromatic N) is 2. The number of benzene rings is 1. The molecule has 1 aromatic heterocycles. The predicted octanol–water partition coefficient (Wildman–Crippen LogP) is 1.85. The number of hydrogen-bond donors (Lipinski definition) is 2. The molecule has 0 bridgehead atoms. The van der Waals surface area contributed by atoms with Crippen molar-refractivity contribution in [1.29, 1.82) is 0 Å². The quantitative estimate of drug-likeness (QED) is 0.642. The van der Waals surface area contributed by atoms with E-state index in [0.717, 1.165) is 12.1 Å². The van der Waals surface area contributed by atoms with Gasteiger partial charge in [-0.2, -0.15) is 0 Å². The molecule has 0 saturated carbocycles. The van der Waals surface area contributed by atoms with Crippen LogP contribution in [0.25, 0.3) is 0 Å². The molecule has 20 heavy (non-hydrogen) atoms. The number of ether oxygens (including phenoxy) is 1. The second-order valence-electron chi connectivity index (χ2n) is 4.84. The van der Waals surface area contributed by atoms with Crippen LogP contribution in [0.2, 0.25) is 0 Å². The van der Waals surface area contributed by atoms with Crippen molar-refractivity contribution >= 4 is 0 Å². The molecule has 1 atom stereocenters. The first-order valence-corrected chi connectivity index (χ1v) is 6.52. The zero-order valence-corrected chi connectivity index (χ0v) is 12.1. The summed E-state index contributed by atoms with van der Waals surface area (Å²) in [4.78, 5) is 8.28. The van der Waals surface area contributed by atoms with Gasteiger partial charge in [0.05, 0.1) is 18.8 Å². The number of nitrogens with two attached hydrogens (primary N) is 1. The summed E-state index contributed by atoms with van der Waals surface area (Å²) in [5.74, 6) is 6.22. The molecule has 0 saturated heterocycles. The molecular weight excluding hydrogens is 252 g/mol. The molecular formula is C15H20N4O. The Bertz CT molecular complexity index is 586. The first-order valence-electron chi connectivity index (χ1n) is 6.52. The van der Waals surface area contributed by atoms with E-state index in [-0.39, 0.29) is 6.04 Å². The zero-order valence-electron chi connectivity index (χ0n) is 12.1. The molecule has 1 aromatic carbocycles. The van der Waals surface area contributed by atoms with E-state index in [9.17, 15) is 0 Å². The lowest BCUT2D eigenvalue weighted by atomic mass is 9.97. The van der Waals surface area contributed by atoms with Gasteiger partial charge < -0.3 is 4.74 Å². The molecule has 2 rings (SSSR count). The Balaban J connectivity index is 2.26. The molecule has 5 nitrogen and oxygen atoms in total. The summed E-state index contributed by atoms with van der Waals surface area (Å²) < 4.78 is 5.12. The lowest BCUT2D eigenvalue weighted by Crippen LogP contribution is -2.30. The van der Waals surface area contributed by atoms with Gasteiger partial charge in [0.25, 0.3) is 0 Å². The van der Waals surface area contributed by atoms with Crippen molar-refractivity contribution in [1.82, 2.24) is 15.4 Å². The van der Waals surface area contributed by atoms with Crippen LogP contribution in [0.3, 0.4) is 0 Å². The maximum atomic E-state index is 5.68. The van der Waals surface area contributed by atoms with E-state index in [2.05, 4.69) is 47.4 Å². The van der Waals surface area contributed by atoms with Crippen LogP contribution in [0.5, 0.6) is 5.88 Å². The number of hydrogen-bond acceptors (Lipinski definition) is 5. The first kappa shape index (κ1) is 14.4. The molecule has 1 heterocycles. The summed E-state index contributed by atoms with van der Waals surface area (Å²) in [5.41, 5.74) is 7.38. The minimum absolute atomic E-state index is 0.0765. The molecule has 106 valence electrons. The van der Waals surface area contributed by atoms with Gasteiger partial charge in [0, 0.05) is 6.07 Å². The second-order valence-corrected chi connectivity index (χ2v) is 4.84. The largest absolute Gasteiger partial charge is 0.481 e. The molecule has 0 spiro atoms. The molecule has 2 aromatic rings. The fourth-order valence-electron chi connectivity index (χ4n) is 2.14. The molecule has 5 heteroatoms. The third-order valence-electron chi connectivity index (χ3n) is 3.36. The molecule has 0 aliphatic carbocycles. The third kappa shape index (κ3) is 3.31. The van der Waals surface area contributed by atoms with Crippen molar-refractivity contribution in [2.45, 2.75) is 26.3 Å². The Morgan fingerprint density at radius 1 is 1.25 bits per heavy atom. The standard InChI is InChI=1S/C15H20N4O/c1-10-4-5-11(2)12(6-10)7-14(19-16)13-8-15(20-3)18-9-17-13/h4-6,8-9,14,19H,7,16H2,1-3H3. The third-order valence-corrected chi connectivity index (χ3v) is 3.36. The van der Waals surface area contributed by atoms with Crippen LogP contribution in [0.15, 0.2) is 30.6 Å². The van der Waals surface area contributed by atoms with Crippen molar-refractivity contribution in [2.75, 3.05) is 7.11 Å². The fourth-order valence-corrected chi connectivity index (χ4v) is 2.14. The number of nitrogens with one attached hydrogen (secondary N) is 1. The van der Waals surface area contributed by atoms with Crippen LogP contribution in [0.4, 0.5) is 0 Å². The Hall–Kier alpha value is -1.98. The average molecular weight is 272 g/mol. The monoisotopic (exact) mass is 272 g/mol. The molecule has 0 aliphatic rings. The van der Waals surface area contributed by atoms with Crippen molar-refractivity contribution in [3.05, 3.63) is 53.0 Å². The number of methoxy groups -OCH3 is 1. The van der Waals surface area contributed by atoms with Gasteiger partial charge in [-0.1, -0.05) is 23.8 Å². The SMILES string of the molecule is COc1cc(C(Cc2cc(C)ccc2C)NN)ncn1. The minimum atomic E-state index is -0.0765. The Morgan fingerprint density at radius 3 is 2.75 bits per heavy atom. The number of hydrazine groups is 1. The van der Waals surface area contributed by atoms with E-state index in [0.29, 0.717) is 5.88 Å². The maximum absolute atomic E-state index is 5.68. The van der Waals surface area contributed by atoms with Crippen LogP contribution >= 0.6 is 0 Å². The highest BCUT2D eigenvalue weighted by molar-refractivity contribution is 5.32. The first-order chi connectivity index (χ1) is 9.63. The van der Waals surface area contributed by atoms with Crippen molar-refractivity contribution < 1.29 is 4.74 Å². The summed E-state index contributed by atoms with van der Waals surface area (Å²) in [6, 6.07) is 8.14. The van der Waals surface area contributed by atoms with Gasteiger partial charge in [0.2, 0.25) is 5.88 Å². The predicted molar refractivity (Wildman–Crippen MR) is 78.3 cm³/mol. The Labute approximate surface area is 119 Å². The van der Waals surface area contributed by atoms with Gasteiger partial charge in [0.1, 0.15) is 6.33 Å².